The van der Waals surface area contributed by atoms with Crippen molar-refractivity contribution in [2.45, 2.75) is 76.7 Å². The minimum Gasteiger partial charge on any atom is -0.446 e. The van der Waals surface area contributed by atoms with Crippen molar-refractivity contribution in [2.75, 3.05) is 0 Å². The smallest absolute Gasteiger partial charge is 0.190 e. The summed E-state index contributed by atoms with van der Waals surface area (Å²) in [5.41, 5.74) is 3.97. The van der Waals surface area contributed by atoms with Gasteiger partial charge in [0.15, 0.2) is 23.3 Å². The first-order chi connectivity index (χ1) is 16.3. The number of allylic oxidation sites excluding steroid dienone is 4. The minimum atomic E-state index is -0.822. The maximum Gasteiger partial charge on any atom is 0.190 e. The molecule has 1 spiro atoms. The van der Waals surface area contributed by atoms with Crippen LogP contribution in [0.25, 0.3) is 0 Å². The van der Waals surface area contributed by atoms with Gasteiger partial charge >= 0.3 is 0 Å². The summed E-state index contributed by atoms with van der Waals surface area (Å²) < 4.78 is 34.4. The molecule has 2 fully saturated rings. The second-order valence-electron chi connectivity index (χ2n) is 11.0. The van der Waals surface area contributed by atoms with Gasteiger partial charge in [-0.25, -0.2) is 13.8 Å². The number of hydrogen-bond donors (Lipinski definition) is 0. The molecule has 6 rings (SSSR count). The standard InChI is InChI=1S/C29H31F2NO2/c1-4-26-32-29(16(2)34-26)12-11-23-21-8-5-17-13-19(33)7-9-20(17)27(21)22(15-28(23,29)3)18-6-10-24(30)25(31)14-18/h6,10,13-14,21-23H,2,4-5,7-9,11-12,15H2,1,3H3/t21-,22+,23-,28-,29+/m0/s1. The van der Waals surface area contributed by atoms with Crippen molar-refractivity contribution in [3.63, 3.8) is 0 Å². The van der Waals surface area contributed by atoms with Crippen molar-refractivity contribution < 1.29 is 18.3 Å². The van der Waals surface area contributed by atoms with Crippen LogP contribution in [0.5, 0.6) is 0 Å². The largest absolute Gasteiger partial charge is 0.446 e. The van der Waals surface area contributed by atoms with Crippen LogP contribution < -0.4 is 0 Å². The molecule has 178 valence electrons. The molecular weight excluding hydrogens is 432 g/mol. The Morgan fingerprint density at radius 1 is 1.18 bits per heavy atom. The highest BCUT2D eigenvalue weighted by Crippen LogP contribution is 2.69. The van der Waals surface area contributed by atoms with Gasteiger partial charge in [0, 0.05) is 24.2 Å². The lowest BCUT2D eigenvalue weighted by molar-refractivity contribution is -0.114. The number of benzene rings is 1. The fourth-order valence-corrected chi connectivity index (χ4v) is 8.01. The van der Waals surface area contributed by atoms with Gasteiger partial charge in [-0.15, -0.1) is 0 Å². The van der Waals surface area contributed by atoms with E-state index in [-0.39, 0.29) is 17.1 Å². The predicted molar refractivity (Wildman–Crippen MR) is 127 cm³/mol. The van der Waals surface area contributed by atoms with Crippen LogP contribution in [-0.4, -0.2) is 17.2 Å². The van der Waals surface area contributed by atoms with Crippen LogP contribution in [0.1, 0.15) is 76.7 Å². The molecule has 1 aromatic rings. The summed E-state index contributed by atoms with van der Waals surface area (Å²) in [6.45, 7) is 8.69. The number of aliphatic imine (C=N–C) groups is 1. The second kappa shape index (κ2) is 7.47. The van der Waals surface area contributed by atoms with Gasteiger partial charge in [-0.05, 0) is 85.3 Å². The van der Waals surface area contributed by atoms with Crippen molar-refractivity contribution in [3.8, 4) is 0 Å². The molecule has 0 radical (unpaired) electrons. The molecule has 0 N–H and O–H groups in total. The van der Waals surface area contributed by atoms with Crippen LogP contribution in [0, 0.1) is 28.9 Å². The van der Waals surface area contributed by atoms with E-state index in [1.165, 1.54) is 23.3 Å². The molecule has 5 atom stereocenters. The maximum atomic E-state index is 14.5. The highest BCUT2D eigenvalue weighted by molar-refractivity contribution is 5.93. The zero-order valence-corrected chi connectivity index (χ0v) is 19.9. The van der Waals surface area contributed by atoms with Gasteiger partial charge in [-0.3, -0.25) is 4.79 Å². The molecule has 5 aliphatic rings. The van der Waals surface area contributed by atoms with Crippen LogP contribution in [0.4, 0.5) is 8.78 Å². The number of carbonyl (C=O) groups is 1. The molecule has 0 unspecified atom stereocenters. The van der Waals surface area contributed by atoms with Crippen molar-refractivity contribution >= 4 is 11.7 Å². The van der Waals surface area contributed by atoms with Crippen molar-refractivity contribution in [1.82, 2.24) is 0 Å². The van der Waals surface area contributed by atoms with E-state index in [9.17, 15) is 13.6 Å². The van der Waals surface area contributed by atoms with Crippen LogP contribution in [0.15, 0.2) is 58.3 Å². The van der Waals surface area contributed by atoms with Gasteiger partial charge in [-0.2, -0.15) is 0 Å². The van der Waals surface area contributed by atoms with E-state index in [2.05, 4.69) is 13.5 Å². The lowest BCUT2D eigenvalue weighted by Gasteiger charge is -2.54. The Kier molecular flexibility index (Phi) is 4.82. The Bertz CT molecular complexity index is 1210. The third kappa shape index (κ3) is 2.85. The Morgan fingerprint density at radius 3 is 2.74 bits per heavy atom. The van der Waals surface area contributed by atoms with Crippen LogP contribution in [0.2, 0.25) is 0 Å². The number of ketones is 1. The fourth-order valence-electron chi connectivity index (χ4n) is 8.01. The SMILES string of the molecule is C=C1OC(CC)=N[C@]12CC[C@H]1[C@@H]3CCC4=CC(=O)CCC4=C3[C@@H](c3ccc(F)c(F)c3)C[C@@]12C. The normalized spacial score (nSPS) is 36.6. The number of ether oxygens (including phenoxy) is 1. The molecule has 1 aliphatic heterocycles. The summed E-state index contributed by atoms with van der Waals surface area (Å²) in [5, 5.41) is 0. The van der Waals surface area contributed by atoms with Crippen molar-refractivity contribution in [2.24, 2.45) is 22.2 Å². The molecule has 1 aromatic carbocycles. The zero-order valence-electron chi connectivity index (χ0n) is 19.9. The van der Waals surface area contributed by atoms with Crippen molar-refractivity contribution in [1.29, 1.82) is 0 Å². The zero-order chi connectivity index (χ0) is 23.8. The monoisotopic (exact) mass is 463 g/mol. The van der Waals surface area contributed by atoms with E-state index in [1.807, 2.05) is 13.0 Å². The first-order valence-electron chi connectivity index (χ1n) is 12.6. The van der Waals surface area contributed by atoms with Crippen molar-refractivity contribution in [3.05, 3.63) is 70.5 Å². The number of nitrogens with zero attached hydrogens (tertiary/aromatic N) is 1. The molecular formula is C29H31F2NO2. The fraction of sp³-hybridized carbons (Fsp3) is 0.517. The first-order valence-corrected chi connectivity index (χ1v) is 12.6. The van der Waals surface area contributed by atoms with Gasteiger partial charge in [0.2, 0.25) is 0 Å². The Labute approximate surface area is 199 Å². The second-order valence-corrected chi connectivity index (χ2v) is 11.0. The number of halogens is 2. The number of hydrogen-bond acceptors (Lipinski definition) is 3. The molecule has 0 bridgehead atoms. The van der Waals surface area contributed by atoms with Gasteiger partial charge in [0.25, 0.3) is 0 Å². The quantitative estimate of drug-likeness (QED) is 0.476. The summed E-state index contributed by atoms with van der Waals surface area (Å²) in [5.74, 6) is 0.770. The van der Waals surface area contributed by atoms with E-state index in [1.54, 1.807) is 6.07 Å². The molecule has 0 amide bonds. The van der Waals surface area contributed by atoms with Gasteiger partial charge in [0.05, 0.1) is 0 Å². The molecule has 4 aliphatic carbocycles. The first kappa shape index (κ1) is 21.9. The third-order valence-electron chi connectivity index (χ3n) is 9.55. The molecule has 5 heteroatoms. The van der Waals surface area contributed by atoms with E-state index in [4.69, 9.17) is 9.73 Å². The average molecular weight is 464 g/mol. The summed E-state index contributed by atoms with van der Waals surface area (Å²) >= 11 is 0. The minimum absolute atomic E-state index is 0.0445. The lowest BCUT2D eigenvalue weighted by Crippen LogP contribution is -2.50. The summed E-state index contributed by atoms with van der Waals surface area (Å²) in [6, 6.07) is 4.37. The van der Waals surface area contributed by atoms with Gasteiger partial charge in [-0.1, -0.05) is 32.1 Å². The summed E-state index contributed by atoms with van der Waals surface area (Å²) in [7, 11) is 0. The average Bonchev–Trinajstić information content (AvgIpc) is 3.31. The third-order valence-corrected chi connectivity index (χ3v) is 9.55. The molecule has 0 aromatic heterocycles. The Balaban J connectivity index is 1.55. The molecule has 3 nitrogen and oxygen atoms in total. The molecule has 0 saturated heterocycles. The topological polar surface area (TPSA) is 38.7 Å². The van der Waals surface area contributed by atoms with E-state index in [0.29, 0.717) is 18.3 Å². The maximum absolute atomic E-state index is 14.5. The van der Waals surface area contributed by atoms with Gasteiger partial charge in [0.1, 0.15) is 11.3 Å². The van der Waals surface area contributed by atoms with Gasteiger partial charge < -0.3 is 4.74 Å². The van der Waals surface area contributed by atoms with E-state index >= 15 is 0 Å². The molecule has 1 heterocycles. The highest BCUT2D eigenvalue weighted by Gasteiger charge is 2.66. The lowest BCUT2D eigenvalue weighted by atomic mass is 9.50. The Morgan fingerprint density at radius 2 is 2.00 bits per heavy atom. The predicted octanol–water partition coefficient (Wildman–Crippen LogP) is 6.96. The van der Waals surface area contributed by atoms with E-state index < -0.39 is 17.2 Å². The summed E-state index contributed by atoms with van der Waals surface area (Å²) in [4.78, 5) is 17.3. The number of fused-ring (bicyclic) bond motifs is 5. The van der Waals surface area contributed by atoms with Crippen LogP contribution in [0.3, 0.4) is 0 Å². The van der Waals surface area contributed by atoms with E-state index in [0.717, 1.165) is 67.7 Å². The molecule has 34 heavy (non-hydrogen) atoms. The highest BCUT2D eigenvalue weighted by atomic mass is 19.2. The summed E-state index contributed by atoms with van der Waals surface area (Å²) in [6.07, 6.45) is 8.45. The number of rotatable bonds is 2. The van der Waals surface area contributed by atoms with Crippen LogP contribution in [-0.2, 0) is 9.53 Å². The number of carbonyl (C=O) groups excluding carboxylic acids is 1. The Hall–Kier alpha value is -2.56. The van der Waals surface area contributed by atoms with Crippen LogP contribution >= 0.6 is 0 Å². The molecule has 2 saturated carbocycles.